The molecule has 0 atom stereocenters. The molecule has 0 aromatic heterocycles. The number of hydrogen-bond acceptors (Lipinski definition) is 5. The zero-order valence-electron chi connectivity index (χ0n) is 16.1. The largest absolute Gasteiger partial charge is 0.486 e. The van der Waals surface area contributed by atoms with Crippen LogP contribution in [0.4, 0.5) is 0 Å². The SMILES string of the molecule is O=C1/C(=C\c2ccc3c(c2)OCCO3)CCC/C1=C\c1ccc2c(c1)OCCO2. The third kappa shape index (κ3) is 3.73. The average molecular weight is 390 g/mol. The van der Waals surface area contributed by atoms with Gasteiger partial charge in [0.15, 0.2) is 28.8 Å². The van der Waals surface area contributed by atoms with Gasteiger partial charge in [0.1, 0.15) is 26.4 Å². The number of ketones is 1. The predicted octanol–water partition coefficient (Wildman–Crippen LogP) is 4.45. The first-order valence-corrected chi connectivity index (χ1v) is 10.0. The summed E-state index contributed by atoms with van der Waals surface area (Å²) in [6.45, 7) is 2.24. The van der Waals surface area contributed by atoms with Gasteiger partial charge >= 0.3 is 0 Å². The first kappa shape index (κ1) is 17.9. The van der Waals surface area contributed by atoms with E-state index in [0.29, 0.717) is 26.4 Å². The number of carbonyl (C=O) groups is 1. The lowest BCUT2D eigenvalue weighted by atomic mass is 9.87. The molecule has 2 aromatic rings. The van der Waals surface area contributed by atoms with Crippen molar-refractivity contribution in [2.24, 2.45) is 0 Å². The van der Waals surface area contributed by atoms with Crippen molar-refractivity contribution in [1.82, 2.24) is 0 Å². The second-order valence-electron chi connectivity index (χ2n) is 7.33. The summed E-state index contributed by atoms with van der Waals surface area (Å²) in [7, 11) is 0. The third-order valence-corrected chi connectivity index (χ3v) is 5.29. The highest BCUT2D eigenvalue weighted by atomic mass is 16.6. The highest BCUT2D eigenvalue weighted by molar-refractivity contribution is 6.14. The van der Waals surface area contributed by atoms with Gasteiger partial charge in [0.05, 0.1) is 0 Å². The van der Waals surface area contributed by atoms with Crippen molar-refractivity contribution < 1.29 is 23.7 Å². The molecule has 0 unspecified atom stereocenters. The molecule has 1 saturated carbocycles. The van der Waals surface area contributed by atoms with Gasteiger partial charge in [-0.15, -0.1) is 0 Å². The summed E-state index contributed by atoms with van der Waals surface area (Å²) in [5.74, 6) is 3.10. The summed E-state index contributed by atoms with van der Waals surface area (Å²) >= 11 is 0. The summed E-state index contributed by atoms with van der Waals surface area (Å²) in [5.41, 5.74) is 3.57. The molecule has 5 heteroatoms. The Morgan fingerprint density at radius 3 is 1.55 bits per heavy atom. The zero-order valence-corrected chi connectivity index (χ0v) is 16.1. The second-order valence-corrected chi connectivity index (χ2v) is 7.33. The van der Waals surface area contributed by atoms with Crippen LogP contribution in [0.1, 0.15) is 30.4 Å². The summed E-state index contributed by atoms with van der Waals surface area (Å²) in [5, 5.41) is 0. The molecule has 2 heterocycles. The zero-order chi connectivity index (χ0) is 19.6. The van der Waals surface area contributed by atoms with Gasteiger partial charge in [-0.05, 0) is 66.8 Å². The Kier molecular flexibility index (Phi) is 4.72. The molecule has 5 nitrogen and oxygen atoms in total. The van der Waals surface area contributed by atoms with E-state index in [4.69, 9.17) is 18.9 Å². The fourth-order valence-corrected chi connectivity index (χ4v) is 3.88. The maximum atomic E-state index is 13.1. The van der Waals surface area contributed by atoms with Crippen molar-refractivity contribution in [2.75, 3.05) is 26.4 Å². The van der Waals surface area contributed by atoms with Crippen LogP contribution in [0.25, 0.3) is 12.2 Å². The molecular formula is C24H22O5. The molecule has 0 saturated heterocycles. The summed E-state index contributed by atoms with van der Waals surface area (Å²) < 4.78 is 22.4. The first-order chi connectivity index (χ1) is 14.3. The van der Waals surface area contributed by atoms with E-state index in [1.54, 1.807) is 0 Å². The van der Waals surface area contributed by atoms with Gasteiger partial charge in [0, 0.05) is 11.1 Å². The van der Waals surface area contributed by atoms with Gasteiger partial charge in [0.25, 0.3) is 0 Å². The fraction of sp³-hybridized carbons (Fsp3) is 0.292. The number of hydrogen-bond donors (Lipinski definition) is 0. The van der Waals surface area contributed by atoms with Crippen LogP contribution in [0.3, 0.4) is 0 Å². The smallest absolute Gasteiger partial charge is 0.185 e. The molecule has 1 fully saturated rings. The predicted molar refractivity (Wildman–Crippen MR) is 110 cm³/mol. The Bertz CT molecular complexity index is 938. The topological polar surface area (TPSA) is 54.0 Å². The van der Waals surface area contributed by atoms with Crippen LogP contribution in [0.5, 0.6) is 23.0 Å². The summed E-state index contributed by atoms with van der Waals surface area (Å²) in [6.07, 6.45) is 6.46. The van der Waals surface area contributed by atoms with E-state index < -0.39 is 0 Å². The van der Waals surface area contributed by atoms with Crippen molar-refractivity contribution in [1.29, 1.82) is 0 Å². The van der Waals surface area contributed by atoms with Crippen molar-refractivity contribution in [2.45, 2.75) is 19.3 Å². The number of allylic oxidation sites excluding steroid dienone is 2. The minimum absolute atomic E-state index is 0.112. The van der Waals surface area contributed by atoms with Crippen molar-refractivity contribution in [3.63, 3.8) is 0 Å². The molecule has 0 bridgehead atoms. The first-order valence-electron chi connectivity index (χ1n) is 10.0. The van der Waals surface area contributed by atoms with Gasteiger partial charge < -0.3 is 18.9 Å². The van der Waals surface area contributed by atoms with E-state index in [-0.39, 0.29) is 5.78 Å². The highest BCUT2D eigenvalue weighted by Gasteiger charge is 2.21. The quantitative estimate of drug-likeness (QED) is 0.709. The second kappa shape index (κ2) is 7.66. The highest BCUT2D eigenvalue weighted by Crippen LogP contribution is 2.35. The van der Waals surface area contributed by atoms with E-state index >= 15 is 0 Å². The average Bonchev–Trinajstić information content (AvgIpc) is 2.76. The van der Waals surface area contributed by atoms with Crippen molar-refractivity contribution in [3.05, 3.63) is 58.7 Å². The normalized spacial score (nSPS) is 20.8. The minimum atomic E-state index is 0.112. The lowest BCUT2D eigenvalue weighted by molar-refractivity contribution is -0.112. The standard InChI is InChI=1S/C24H22O5/c25-24-18(12-16-4-6-20-22(14-16)28-10-8-26-20)2-1-3-19(24)13-17-5-7-21-23(15-17)29-11-9-27-21/h4-7,12-15H,1-3,8-11H2/b18-12-,19-13+. The van der Waals surface area contributed by atoms with Crippen LogP contribution in [0.15, 0.2) is 47.5 Å². The van der Waals surface area contributed by atoms with Gasteiger partial charge in [-0.2, -0.15) is 0 Å². The molecule has 148 valence electrons. The van der Waals surface area contributed by atoms with E-state index in [1.807, 2.05) is 48.6 Å². The number of fused-ring (bicyclic) bond motifs is 2. The third-order valence-electron chi connectivity index (χ3n) is 5.29. The molecule has 5 rings (SSSR count). The molecular weight excluding hydrogens is 368 g/mol. The fourth-order valence-electron chi connectivity index (χ4n) is 3.88. The van der Waals surface area contributed by atoms with Crippen LogP contribution in [0, 0.1) is 0 Å². The van der Waals surface area contributed by atoms with Gasteiger partial charge in [0.2, 0.25) is 0 Å². The number of carbonyl (C=O) groups excluding carboxylic acids is 1. The van der Waals surface area contributed by atoms with Gasteiger partial charge in [-0.3, -0.25) is 4.79 Å². The molecule has 1 aliphatic carbocycles. The lowest BCUT2D eigenvalue weighted by Gasteiger charge is -2.20. The number of rotatable bonds is 2. The number of ether oxygens (including phenoxy) is 4. The molecule has 0 spiro atoms. The number of Topliss-reactive ketones (excluding diaryl/α,β-unsaturated/α-hetero) is 1. The van der Waals surface area contributed by atoms with Crippen molar-refractivity contribution in [3.8, 4) is 23.0 Å². The maximum Gasteiger partial charge on any atom is 0.185 e. The van der Waals surface area contributed by atoms with Crippen LogP contribution in [0.2, 0.25) is 0 Å². The summed E-state index contributed by atoms with van der Waals surface area (Å²) in [4.78, 5) is 13.1. The Labute approximate surface area is 169 Å². The molecule has 2 aromatic carbocycles. The molecule has 3 aliphatic rings. The van der Waals surface area contributed by atoms with E-state index in [0.717, 1.165) is 64.5 Å². The van der Waals surface area contributed by atoms with Crippen molar-refractivity contribution >= 4 is 17.9 Å². The monoisotopic (exact) mass is 390 g/mol. The van der Waals surface area contributed by atoms with Crippen LogP contribution in [-0.2, 0) is 4.79 Å². The summed E-state index contributed by atoms with van der Waals surface area (Å²) in [6, 6.07) is 11.6. The van der Waals surface area contributed by atoms with E-state index in [2.05, 4.69) is 0 Å². The maximum absolute atomic E-state index is 13.1. The Hall–Kier alpha value is -3.21. The molecule has 0 radical (unpaired) electrons. The van der Waals surface area contributed by atoms with Gasteiger partial charge in [-0.1, -0.05) is 12.1 Å². The lowest BCUT2D eigenvalue weighted by Crippen LogP contribution is -2.15. The van der Waals surface area contributed by atoms with Crippen LogP contribution < -0.4 is 18.9 Å². The van der Waals surface area contributed by atoms with Gasteiger partial charge in [-0.25, -0.2) is 0 Å². The Balaban J connectivity index is 1.40. The van der Waals surface area contributed by atoms with E-state index in [1.165, 1.54) is 0 Å². The van der Waals surface area contributed by atoms with E-state index in [9.17, 15) is 4.79 Å². The number of benzene rings is 2. The Morgan fingerprint density at radius 2 is 1.07 bits per heavy atom. The Morgan fingerprint density at radius 1 is 0.621 bits per heavy atom. The van der Waals surface area contributed by atoms with Crippen LogP contribution in [-0.4, -0.2) is 32.2 Å². The molecule has 2 aliphatic heterocycles. The molecule has 0 amide bonds. The van der Waals surface area contributed by atoms with Crippen LogP contribution >= 0.6 is 0 Å². The molecule has 29 heavy (non-hydrogen) atoms. The minimum Gasteiger partial charge on any atom is -0.486 e. The molecule has 0 N–H and O–H groups in total.